The first kappa shape index (κ1) is 23.4. The molecule has 3 rings (SSSR count). The first-order valence-electron chi connectivity index (χ1n) is 10.5. The molecular weight excluding hydrogens is 436 g/mol. The number of carbonyl (C=O) groups is 1. The van der Waals surface area contributed by atoms with Crippen LogP contribution in [0.5, 0.6) is 5.75 Å². The molecule has 0 heterocycles. The lowest BCUT2D eigenvalue weighted by molar-refractivity contribution is 0.0943. The highest BCUT2D eigenvalue weighted by Crippen LogP contribution is 2.34. The Hall–Kier alpha value is -2.25. The van der Waals surface area contributed by atoms with Crippen molar-refractivity contribution in [2.45, 2.75) is 38.6 Å². The summed E-state index contributed by atoms with van der Waals surface area (Å²) in [6, 6.07) is 11.8. The Morgan fingerprint density at radius 1 is 1.13 bits per heavy atom. The van der Waals surface area contributed by atoms with Crippen LogP contribution in [-0.4, -0.2) is 34.2 Å². The smallest absolute Gasteiger partial charge is 0.251 e. The molecule has 0 bridgehead atoms. The van der Waals surface area contributed by atoms with Gasteiger partial charge in [0, 0.05) is 17.1 Å². The van der Waals surface area contributed by atoms with Crippen LogP contribution >= 0.6 is 11.6 Å². The van der Waals surface area contributed by atoms with Crippen molar-refractivity contribution in [3.05, 3.63) is 58.6 Å². The van der Waals surface area contributed by atoms with E-state index in [2.05, 4.69) is 5.32 Å². The number of nitrogens with one attached hydrogen (secondary N) is 1. The zero-order valence-corrected chi connectivity index (χ0v) is 19.5. The maximum Gasteiger partial charge on any atom is 0.251 e. The monoisotopic (exact) mass is 464 g/mol. The zero-order valence-electron chi connectivity index (χ0n) is 17.9. The van der Waals surface area contributed by atoms with E-state index < -0.39 is 10.0 Å². The fourth-order valence-corrected chi connectivity index (χ4v) is 4.95. The van der Waals surface area contributed by atoms with Gasteiger partial charge in [-0.25, -0.2) is 8.42 Å². The normalized spacial score (nSPS) is 14.8. The second kappa shape index (κ2) is 10.4. The molecule has 6 nitrogen and oxygen atoms in total. The van der Waals surface area contributed by atoms with E-state index in [-0.39, 0.29) is 12.5 Å². The number of methoxy groups -OCH3 is 1. The molecule has 0 unspecified atom stereocenters. The van der Waals surface area contributed by atoms with Crippen molar-refractivity contribution < 1.29 is 17.9 Å². The summed E-state index contributed by atoms with van der Waals surface area (Å²) in [5, 5.41) is 3.44. The summed E-state index contributed by atoms with van der Waals surface area (Å²) in [6.45, 7) is 0.802. The summed E-state index contributed by atoms with van der Waals surface area (Å²) < 4.78 is 31.5. The number of hydrogen-bond donors (Lipinski definition) is 1. The lowest BCUT2D eigenvalue weighted by Gasteiger charge is -2.24. The van der Waals surface area contributed by atoms with Gasteiger partial charge in [-0.3, -0.25) is 9.10 Å². The molecule has 1 N–H and O–H groups in total. The van der Waals surface area contributed by atoms with E-state index in [4.69, 9.17) is 16.3 Å². The number of benzene rings is 2. The van der Waals surface area contributed by atoms with E-state index >= 15 is 0 Å². The molecule has 31 heavy (non-hydrogen) atoms. The fraction of sp³-hybridized carbons (Fsp3) is 0.435. The van der Waals surface area contributed by atoms with Gasteiger partial charge in [-0.05, 0) is 54.7 Å². The molecule has 0 atom stereocenters. The van der Waals surface area contributed by atoms with E-state index in [1.54, 1.807) is 42.5 Å². The highest BCUT2D eigenvalue weighted by molar-refractivity contribution is 7.92. The number of sulfonamides is 1. The van der Waals surface area contributed by atoms with E-state index in [9.17, 15) is 13.2 Å². The third-order valence-electron chi connectivity index (χ3n) is 5.63. The Kier molecular flexibility index (Phi) is 7.84. The number of nitrogens with zero attached hydrogens (tertiary/aromatic N) is 1. The van der Waals surface area contributed by atoms with Crippen LogP contribution in [0.3, 0.4) is 0 Å². The van der Waals surface area contributed by atoms with E-state index in [1.165, 1.54) is 43.5 Å². The van der Waals surface area contributed by atoms with Gasteiger partial charge >= 0.3 is 0 Å². The minimum atomic E-state index is -3.60. The second-order valence-electron chi connectivity index (χ2n) is 8.00. The quantitative estimate of drug-likeness (QED) is 0.618. The number of ether oxygens (including phenoxy) is 1. The Balaban J connectivity index is 1.72. The molecule has 0 saturated heterocycles. The molecule has 8 heteroatoms. The van der Waals surface area contributed by atoms with E-state index in [0.29, 0.717) is 34.5 Å². The summed E-state index contributed by atoms with van der Waals surface area (Å²) in [5.41, 5.74) is 1.67. The van der Waals surface area contributed by atoms with Crippen LogP contribution in [0, 0.1) is 5.92 Å². The average molecular weight is 465 g/mol. The van der Waals surface area contributed by atoms with Crippen LogP contribution in [0.4, 0.5) is 5.69 Å². The van der Waals surface area contributed by atoms with Crippen LogP contribution < -0.4 is 14.4 Å². The van der Waals surface area contributed by atoms with Gasteiger partial charge in [0.2, 0.25) is 10.0 Å². The molecule has 0 aliphatic heterocycles. The number of amides is 1. The van der Waals surface area contributed by atoms with Crippen molar-refractivity contribution >= 4 is 33.2 Å². The Morgan fingerprint density at radius 3 is 2.42 bits per heavy atom. The van der Waals surface area contributed by atoms with Crippen molar-refractivity contribution in [3.8, 4) is 5.75 Å². The predicted octanol–water partition coefficient (Wildman–Crippen LogP) is 4.62. The van der Waals surface area contributed by atoms with Crippen LogP contribution in [0.2, 0.25) is 5.02 Å². The highest BCUT2D eigenvalue weighted by atomic mass is 35.5. The lowest BCUT2D eigenvalue weighted by Crippen LogP contribution is -2.30. The predicted molar refractivity (Wildman–Crippen MR) is 124 cm³/mol. The van der Waals surface area contributed by atoms with Crippen LogP contribution in [0.15, 0.2) is 42.5 Å². The largest absolute Gasteiger partial charge is 0.495 e. The minimum Gasteiger partial charge on any atom is -0.495 e. The Morgan fingerprint density at radius 2 is 1.81 bits per heavy atom. The summed E-state index contributed by atoms with van der Waals surface area (Å²) >= 11 is 6.09. The van der Waals surface area contributed by atoms with Gasteiger partial charge in [0.05, 0.1) is 25.6 Å². The number of anilines is 1. The molecule has 1 saturated carbocycles. The molecule has 2 aromatic carbocycles. The van der Waals surface area contributed by atoms with Gasteiger partial charge in [0.25, 0.3) is 5.91 Å². The first-order chi connectivity index (χ1) is 14.8. The van der Waals surface area contributed by atoms with Gasteiger partial charge in [-0.15, -0.1) is 0 Å². The first-order valence-corrected chi connectivity index (χ1v) is 12.7. The third kappa shape index (κ3) is 6.37. The van der Waals surface area contributed by atoms with Gasteiger partial charge in [-0.2, -0.15) is 0 Å². The molecular formula is C23H29ClN2O4S. The van der Waals surface area contributed by atoms with E-state index in [0.717, 1.165) is 11.8 Å². The van der Waals surface area contributed by atoms with Gasteiger partial charge in [-0.1, -0.05) is 43.0 Å². The lowest BCUT2D eigenvalue weighted by atomic mass is 9.89. The topological polar surface area (TPSA) is 75.7 Å². The Labute approximate surface area is 189 Å². The number of carbonyl (C=O) groups excluding carboxylic acids is 1. The van der Waals surface area contributed by atoms with Crippen LogP contribution in [-0.2, 0) is 16.6 Å². The van der Waals surface area contributed by atoms with Gasteiger partial charge in [0.1, 0.15) is 5.75 Å². The van der Waals surface area contributed by atoms with Gasteiger partial charge in [0.15, 0.2) is 0 Å². The zero-order chi connectivity index (χ0) is 22.4. The number of hydrogen-bond acceptors (Lipinski definition) is 4. The van der Waals surface area contributed by atoms with Crippen molar-refractivity contribution in [1.82, 2.24) is 5.32 Å². The maximum atomic E-state index is 12.5. The molecule has 168 valence electrons. The van der Waals surface area contributed by atoms with Crippen LogP contribution in [0.1, 0.15) is 48.0 Å². The standard InChI is InChI=1S/C23H29ClN2O4S/c1-30-22-13-12-20(24)14-21(22)26(31(2,28)29)16-18-8-10-19(11-9-18)23(27)25-15-17-6-4-3-5-7-17/h8-14,17H,3-7,15-16H2,1-2H3,(H,25,27). The van der Waals surface area contributed by atoms with Crippen molar-refractivity contribution in [2.75, 3.05) is 24.2 Å². The second-order valence-corrected chi connectivity index (χ2v) is 10.3. The molecule has 1 aliphatic rings. The van der Waals surface area contributed by atoms with Crippen molar-refractivity contribution in [2.24, 2.45) is 5.92 Å². The molecule has 0 spiro atoms. The summed E-state index contributed by atoms with van der Waals surface area (Å²) in [4.78, 5) is 12.5. The molecule has 1 aliphatic carbocycles. The fourth-order valence-electron chi connectivity index (χ4n) is 3.90. The maximum absolute atomic E-state index is 12.5. The summed E-state index contributed by atoms with van der Waals surface area (Å²) in [6.07, 6.45) is 7.26. The third-order valence-corrected chi connectivity index (χ3v) is 6.99. The molecule has 1 fully saturated rings. The number of rotatable bonds is 8. The van der Waals surface area contributed by atoms with Gasteiger partial charge < -0.3 is 10.1 Å². The summed E-state index contributed by atoms with van der Waals surface area (Å²) in [5.74, 6) is 0.870. The number of halogens is 1. The van der Waals surface area contributed by atoms with Crippen molar-refractivity contribution in [3.63, 3.8) is 0 Å². The molecule has 1 amide bonds. The van der Waals surface area contributed by atoms with Crippen LogP contribution in [0.25, 0.3) is 0 Å². The van der Waals surface area contributed by atoms with Crippen molar-refractivity contribution in [1.29, 1.82) is 0 Å². The van der Waals surface area contributed by atoms with E-state index in [1.807, 2.05) is 0 Å². The SMILES string of the molecule is COc1ccc(Cl)cc1N(Cc1ccc(C(=O)NCC2CCCCC2)cc1)S(C)(=O)=O. The average Bonchev–Trinajstić information content (AvgIpc) is 2.76. The summed E-state index contributed by atoms with van der Waals surface area (Å²) in [7, 11) is -2.12. The Bertz CT molecular complexity index is 1000. The molecule has 2 aromatic rings. The molecule has 0 radical (unpaired) electrons. The molecule has 0 aromatic heterocycles. The highest BCUT2D eigenvalue weighted by Gasteiger charge is 2.22. The minimum absolute atomic E-state index is 0.0967.